The summed E-state index contributed by atoms with van der Waals surface area (Å²) in [5.74, 6) is 0.475. The molecule has 0 fully saturated rings. The summed E-state index contributed by atoms with van der Waals surface area (Å²) in [5.41, 5.74) is 1.23. The summed E-state index contributed by atoms with van der Waals surface area (Å²) in [4.78, 5) is 0. The molecular weight excluding hydrogens is 246 g/mol. The van der Waals surface area contributed by atoms with Gasteiger partial charge in [-0.05, 0) is 57.4 Å². The van der Waals surface area contributed by atoms with Gasteiger partial charge in [-0.1, -0.05) is 23.7 Å². The first-order valence-electron chi connectivity index (χ1n) is 6.44. The maximum Gasteiger partial charge on any atom is 0.0623 e. The Morgan fingerprint density at radius 1 is 1.39 bits per heavy atom. The van der Waals surface area contributed by atoms with E-state index in [0.29, 0.717) is 5.92 Å². The number of nitrogens with one attached hydrogen (secondary N) is 1. The van der Waals surface area contributed by atoms with Gasteiger partial charge in [0.25, 0.3) is 0 Å². The molecule has 0 heterocycles. The Hall–Kier alpha value is -0.570. The van der Waals surface area contributed by atoms with E-state index >= 15 is 0 Å². The van der Waals surface area contributed by atoms with Crippen LogP contribution in [0.15, 0.2) is 24.3 Å². The summed E-state index contributed by atoms with van der Waals surface area (Å²) in [6.07, 6.45) is 2.12. The lowest BCUT2D eigenvalue weighted by atomic mass is 9.89. The van der Waals surface area contributed by atoms with Crippen LogP contribution in [0.5, 0.6) is 0 Å². The van der Waals surface area contributed by atoms with E-state index in [2.05, 4.69) is 31.3 Å². The molecule has 1 atom stereocenters. The fourth-order valence-electron chi connectivity index (χ4n) is 2.02. The molecule has 0 aliphatic rings. The second-order valence-electron chi connectivity index (χ2n) is 5.31. The van der Waals surface area contributed by atoms with Crippen LogP contribution in [-0.2, 0) is 4.74 Å². The van der Waals surface area contributed by atoms with Crippen LogP contribution in [0.3, 0.4) is 0 Å². The van der Waals surface area contributed by atoms with Crippen molar-refractivity contribution in [2.75, 3.05) is 20.7 Å². The Morgan fingerprint density at radius 3 is 2.67 bits per heavy atom. The maximum atomic E-state index is 6.06. The van der Waals surface area contributed by atoms with Gasteiger partial charge in [0.1, 0.15) is 0 Å². The summed E-state index contributed by atoms with van der Waals surface area (Å²) >= 11 is 6.06. The number of halogens is 1. The van der Waals surface area contributed by atoms with E-state index in [1.807, 2.05) is 19.2 Å². The van der Waals surface area contributed by atoms with Gasteiger partial charge in [-0.2, -0.15) is 0 Å². The Morgan fingerprint density at radius 2 is 2.11 bits per heavy atom. The maximum absolute atomic E-state index is 6.06. The highest BCUT2D eigenvalue weighted by atomic mass is 35.5. The van der Waals surface area contributed by atoms with E-state index in [1.165, 1.54) is 5.56 Å². The highest BCUT2D eigenvalue weighted by Crippen LogP contribution is 2.27. The minimum atomic E-state index is -0.0649. The second kappa shape index (κ2) is 7.13. The highest BCUT2D eigenvalue weighted by molar-refractivity contribution is 6.30. The normalized spacial score (nSPS) is 13.6. The number of benzene rings is 1. The molecule has 1 rings (SSSR count). The molecule has 0 aromatic heterocycles. The Labute approximate surface area is 116 Å². The zero-order valence-corrected chi connectivity index (χ0v) is 12.6. The first kappa shape index (κ1) is 15.5. The van der Waals surface area contributed by atoms with Crippen LogP contribution >= 0.6 is 11.6 Å². The molecule has 102 valence electrons. The first-order valence-corrected chi connectivity index (χ1v) is 6.81. The molecule has 1 aromatic carbocycles. The van der Waals surface area contributed by atoms with Gasteiger partial charge >= 0.3 is 0 Å². The molecule has 0 amide bonds. The summed E-state index contributed by atoms with van der Waals surface area (Å²) in [7, 11) is 3.76. The lowest BCUT2D eigenvalue weighted by molar-refractivity contribution is 0.0124. The topological polar surface area (TPSA) is 21.3 Å². The summed E-state index contributed by atoms with van der Waals surface area (Å²) < 4.78 is 5.48. The highest BCUT2D eigenvalue weighted by Gasteiger charge is 2.20. The molecule has 3 heteroatoms. The van der Waals surface area contributed by atoms with E-state index in [-0.39, 0.29) is 5.60 Å². The number of rotatable bonds is 7. The van der Waals surface area contributed by atoms with Crippen molar-refractivity contribution in [2.45, 2.75) is 38.2 Å². The third-order valence-electron chi connectivity index (χ3n) is 3.42. The van der Waals surface area contributed by atoms with Gasteiger partial charge < -0.3 is 10.1 Å². The number of ether oxygens (including phenoxy) is 1. The predicted molar refractivity (Wildman–Crippen MR) is 78.4 cm³/mol. The molecule has 1 N–H and O–H groups in total. The second-order valence-corrected chi connectivity index (χ2v) is 5.75. The van der Waals surface area contributed by atoms with Crippen molar-refractivity contribution in [1.82, 2.24) is 5.32 Å². The molecular formula is C15H24ClNO. The van der Waals surface area contributed by atoms with Crippen molar-refractivity contribution in [3.8, 4) is 0 Å². The molecule has 1 unspecified atom stereocenters. The minimum absolute atomic E-state index is 0.0649. The van der Waals surface area contributed by atoms with Gasteiger partial charge in [0, 0.05) is 18.7 Å². The number of methoxy groups -OCH3 is 1. The van der Waals surface area contributed by atoms with Crippen LogP contribution in [0.4, 0.5) is 0 Å². The molecule has 0 saturated carbocycles. The predicted octanol–water partition coefficient (Wildman–Crippen LogP) is 3.85. The SMILES string of the molecule is CNCC(CCC(C)(C)OC)c1cccc(Cl)c1. The monoisotopic (exact) mass is 269 g/mol. The molecule has 0 aliphatic carbocycles. The van der Waals surface area contributed by atoms with E-state index < -0.39 is 0 Å². The molecule has 0 radical (unpaired) electrons. The van der Waals surface area contributed by atoms with Crippen LogP contribution in [0, 0.1) is 0 Å². The number of hydrogen-bond donors (Lipinski definition) is 1. The summed E-state index contributed by atoms with van der Waals surface area (Å²) in [6, 6.07) is 8.14. The van der Waals surface area contributed by atoms with Gasteiger partial charge in [0.15, 0.2) is 0 Å². The van der Waals surface area contributed by atoms with E-state index in [9.17, 15) is 0 Å². The lowest BCUT2D eigenvalue weighted by Gasteiger charge is -2.26. The Bertz CT molecular complexity index is 365. The standard InChI is InChI=1S/C15H24ClNO/c1-15(2,18-4)9-8-13(11-17-3)12-6-5-7-14(16)10-12/h5-7,10,13,17H,8-9,11H2,1-4H3. The van der Waals surface area contributed by atoms with E-state index in [0.717, 1.165) is 24.4 Å². The third kappa shape index (κ3) is 4.97. The van der Waals surface area contributed by atoms with Crippen molar-refractivity contribution in [1.29, 1.82) is 0 Å². The molecule has 2 nitrogen and oxygen atoms in total. The van der Waals surface area contributed by atoms with Crippen molar-refractivity contribution < 1.29 is 4.74 Å². The van der Waals surface area contributed by atoms with Gasteiger partial charge in [-0.25, -0.2) is 0 Å². The van der Waals surface area contributed by atoms with Crippen molar-refractivity contribution >= 4 is 11.6 Å². The van der Waals surface area contributed by atoms with Gasteiger partial charge in [-0.3, -0.25) is 0 Å². The zero-order chi connectivity index (χ0) is 13.6. The van der Waals surface area contributed by atoms with Crippen molar-refractivity contribution in [2.24, 2.45) is 0 Å². The Kier molecular flexibility index (Phi) is 6.13. The quantitative estimate of drug-likeness (QED) is 0.812. The van der Waals surface area contributed by atoms with Crippen LogP contribution in [0.2, 0.25) is 5.02 Å². The average Bonchev–Trinajstić information content (AvgIpc) is 2.34. The summed E-state index contributed by atoms with van der Waals surface area (Å²) in [5, 5.41) is 4.06. The van der Waals surface area contributed by atoms with Crippen LogP contribution < -0.4 is 5.32 Å². The average molecular weight is 270 g/mol. The minimum Gasteiger partial charge on any atom is -0.379 e. The van der Waals surface area contributed by atoms with Gasteiger partial charge in [-0.15, -0.1) is 0 Å². The molecule has 0 spiro atoms. The molecule has 0 bridgehead atoms. The van der Waals surface area contributed by atoms with Gasteiger partial charge in [0.2, 0.25) is 0 Å². The van der Waals surface area contributed by atoms with Crippen molar-refractivity contribution in [3.05, 3.63) is 34.9 Å². The van der Waals surface area contributed by atoms with Crippen LogP contribution in [0.1, 0.15) is 38.2 Å². The first-order chi connectivity index (χ1) is 8.48. The molecule has 0 saturated heterocycles. The Balaban J connectivity index is 2.71. The zero-order valence-electron chi connectivity index (χ0n) is 11.8. The van der Waals surface area contributed by atoms with E-state index in [4.69, 9.17) is 16.3 Å². The number of likely N-dealkylation sites (N-methyl/N-ethyl adjacent to an activating group) is 1. The van der Waals surface area contributed by atoms with Crippen LogP contribution in [0.25, 0.3) is 0 Å². The largest absolute Gasteiger partial charge is 0.379 e. The van der Waals surface area contributed by atoms with E-state index in [1.54, 1.807) is 7.11 Å². The molecule has 0 aliphatic heterocycles. The third-order valence-corrected chi connectivity index (χ3v) is 3.65. The van der Waals surface area contributed by atoms with Crippen LogP contribution in [-0.4, -0.2) is 26.3 Å². The smallest absolute Gasteiger partial charge is 0.0623 e. The van der Waals surface area contributed by atoms with Crippen molar-refractivity contribution in [3.63, 3.8) is 0 Å². The summed E-state index contributed by atoms with van der Waals surface area (Å²) in [6.45, 7) is 5.21. The fourth-order valence-corrected chi connectivity index (χ4v) is 2.22. The number of hydrogen-bond acceptors (Lipinski definition) is 2. The molecule has 1 aromatic rings. The fraction of sp³-hybridized carbons (Fsp3) is 0.600. The lowest BCUT2D eigenvalue weighted by Crippen LogP contribution is -2.25. The molecule has 18 heavy (non-hydrogen) atoms. The van der Waals surface area contributed by atoms with Gasteiger partial charge in [0.05, 0.1) is 5.60 Å².